The number of imidazole rings is 1. The van der Waals surface area contributed by atoms with Gasteiger partial charge >= 0.3 is 0 Å². The Hall–Kier alpha value is -2.75. The van der Waals surface area contributed by atoms with E-state index in [4.69, 9.17) is 9.72 Å². The quantitative estimate of drug-likeness (QED) is 0.384. The summed E-state index contributed by atoms with van der Waals surface area (Å²) in [6, 6.07) is 3.22. The summed E-state index contributed by atoms with van der Waals surface area (Å²) in [5, 5.41) is 7.62. The van der Waals surface area contributed by atoms with Crippen molar-refractivity contribution in [1.82, 2.24) is 29.4 Å². The summed E-state index contributed by atoms with van der Waals surface area (Å²) in [5.41, 5.74) is 0.512. The van der Waals surface area contributed by atoms with Crippen LogP contribution in [0.4, 0.5) is 14.5 Å². The lowest BCUT2D eigenvalue weighted by atomic mass is 9.85. The summed E-state index contributed by atoms with van der Waals surface area (Å²) >= 11 is 0.784. The first-order valence-electron chi connectivity index (χ1n) is 14.3. The SMILES string of the molecule is COC1(C(=O)N2CCN(c3cc(S(=O)(=O)NC4(C)CC4)cc4c3nc(C3CCC3)n4-c3nnc(C(F)F)s3)CC2)CC1. The molecule has 1 aliphatic heterocycles. The highest BCUT2D eigenvalue weighted by Crippen LogP contribution is 2.44. The first-order valence-corrected chi connectivity index (χ1v) is 16.6. The fraction of sp³-hybridized carbons (Fsp3) is 0.630. The molecule has 0 spiro atoms. The molecular weight excluding hydrogens is 588 g/mol. The molecule has 3 saturated carbocycles. The monoisotopic (exact) mass is 621 g/mol. The average Bonchev–Trinajstić information content (AvgIpc) is 3.78. The molecular formula is C27H33F2N7O4S2. The van der Waals surface area contributed by atoms with E-state index < -0.39 is 32.6 Å². The number of aromatic nitrogens is 4. The first kappa shape index (κ1) is 28.0. The van der Waals surface area contributed by atoms with E-state index in [9.17, 15) is 22.0 Å². The van der Waals surface area contributed by atoms with Gasteiger partial charge < -0.3 is 14.5 Å². The molecule has 0 atom stereocenters. The Bertz CT molecular complexity index is 1650. The minimum absolute atomic E-state index is 0.00402. The van der Waals surface area contributed by atoms with Crippen LogP contribution in [0.25, 0.3) is 16.2 Å². The largest absolute Gasteiger partial charge is 0.368 e. The van der Waals surface area contributed by atoms with Crippen molar-refractivity contribution in [3.05, 3.63) is 23.0 Å². The molecule has 3 heterocycles. The number of nitrogens with zero attached hydrogens (tertiary/aromatic N) is 6. The van der Waals surface area contributed by atoms with Crippen LogP contribution in [0.5, 0.6) is 0 Å². The van der Waals surface area contributed by atoms with Crippen molar-refractivity contribution in [2.45, 2.75) is 80.2 Å². The molecule has 1 aromatic carbocycles. The summed E-state index contributed by atoms with van der Waals surface area (Å²) in [4.78, 5) is 22.0. The molecule has 4 fully saturated rings. The van der Waals surface area contributed by atoms with Gasteiger partial charge in [-0.25, -0.2) is 26.9 Å². The summed E-state index contributed by atoms with van der Waals surface area (Å²) in [6.45, 7) is 3.76. The Morgan fingerprint density at radius 2 is 1.83 bits per heavy atom. The number of hydrogen-bond acceptors (Lipinski definition) is 9. The normalized spacial score (nSPS) is 21.6. The number of halogens is 2. The number of nitrogens with one attached hydrogen (secondary N) is 1. The zero-order valence-corrected chi connectivity index (χ0v) is 25.1. The molecule has 15 heteroatoms. The van der Waals surface area contributed by atoms with Gasteiger partial charge in [0.2, 0.25) is 15.2 Å². The summed E-state index contributed by atoms with van der Waals surface area (Å²) < 4.78 is 64.4. The number of hydrogen-bond donors (Lipinski definition) is 1. The maximum absolute atomic E-state index is 13.7. The third-order valence-corrected chi connectivity index (χ3v) is 11.6. The Morgan fingerprint density at radius 1 is 1.12 bits per heavy atom. The predicted molar refractivity (Wildman–Crippen MR) is 152 cm³/mol. The number of anilines is 1. The molecule has 0 radical (unpaired) electrons. The number of benzene rings is 1. The van der Waals surface area contributed by atoms with Crippen LogP contribution in [0, 0.1) is 0 Å². The van der Waals surface area contributed by atoms with Crippen molar-refractivity contribution in [2.24, 2.45) is 0 Å². The van der Waals surface area contributed by atoms with E-state index in [1.54, 1.807) is 23.8 Å². The fourth-order valence-corrected chi connectivity index (χ4v) is 8.05. The van der Waals surface area contributed by atoms with Crippen LogP contribution in [0.15, 0.2) is 17.0 Å². The van der Waals surface area contributed by atoms with Crippen LogP contribution in [0.2, 0.25) is 0 Å². The van der Waals surface area contributed by atoms with Crippen molar-refractivity contribution in [2.75, 3.05) is 38.2 Å². The number of sulfonamides is 1. The van der Waals surface area contributed by atoms with E-state index in [2.05, 4.69) is 19.8 Å². The molecule has 1 amide bonds. The van der Waals surface area contributed by atoms with Crippen LogP contribution in [-0.4, -0.2) is 83.4 Å². The molecule has 11 nitrogen and oxygen atoms in total. The van der Waals surface area contributed by atoms with Gasteiger partial charge in [-0.15, -0.1) is 10.2 Å². The van der Waals surface area contributed by atoms with Gasteiger partial charge in [-0.05, 0) is 57.6 Å². The van der Waals surface area contributed by atoms with Gasteiger partial charge in [-0.3, -0.25) is 9.36 Å². The summed E-state index contributed by atoms with van der Waals surface area (Å²) in [6.07, 6.45) is 3.00. The maximum atomic E-state index is 13.7. The van der Waals surface area contributed by atoms with Gasteiger partial charge in [0.15, 0.2) is 5.01 Å². The van der Waals surface area contributed by atoms with Gasteiger partial charge in [0.1, 0.15) is 16.9 Å². The minimum Gasteiger partial charge on any atom is -0.368 e. The number of fused-ring (bicyclic) bond motifs is 1. The second-order valence-electron chi connectivity index (χ2n) is 12.1. The second kappa shape index (κ2) is 9.89. The lowest BCUT2D eigenvalue weighted by molar-refractivity contribution is -0.144. The number of carbonyl (C=O) groups excluding carboxylic acids is 1. The van der Waals surface area contributed by atoms with Crippen LogP contribution in [0.1, 0.15) is 75.0 Å². The summed E-state index contributed by atoms with van der Waals surface area (Å²) in [5.74, 6) is 0.775. The molecule has 42 heavy (non-hydrogen) atoms. The molecule has 0 unspecified atom stereocenters. The number of piperazine rings is 1. The second-order valence-corrected chi connectivity index (χ2v) is 14.8. The van der Waals surface area contributed by atoms with Gasteiger partial charge in [0.05, 0.1) is 16.1 Å². The lowest BCUT2D eigenvalue weighted by Crippen LogP contribution is -2.52. The Labute approximate surface area is 246 Å². The lowest BCUT2D eigenvalue weighted by Gasteiger charge is -2.37. The number of carbonyl (C=O) groups is 1. The van der Waals surface area contributed by atoms with E-state index in [0.717, 1.165) is 56.3 Å². The maximum Gasteiger partial charge on any atom is 0.291 e. The van der Waals surface area contributed by atoms with Crippen molar-refractivity contribution in [3.8, 4) is 5.13 Å². The smallest absolute Gasteiger partial charge is 0.291 e. The van der Waals surface area contributed by atoms with E-state index in [0.29, 0.717) is 48.7 Å². The van der Waals surface area contributed by atoms with Gasteiger partial charge in [-0.2, -0.15) is 0 Å². The molecule has 1 N–H and O–H groups in total. The van der Waals surface area contributed by atoms with Crippen molar-refractivity contribution in [1.29, 1.82) is 0 Å². The highest BCUT2D eigenvalue weighted by Gasteiger charge is 2.52. The van der Waals surface area contributed by atoms with Crippen LogP contribution in [0.3, 0.4) is 0 Å². The standard InChI is InChI=1S/C27H33F2N7O4S2/c1-26(6-7-26)33-42(38,39)17-14-18(34-10-12-35(13-11-34)24(37)27(40-2)8-9-27)20-19(15-17)36(22(30-20)16-4-3-5-16)25-32-31-23(41-25)21(28)29/h14-16,21,33H,3-13H2,1-2H3. The molecule has 3 aromatic rings. The number of amides is 1. The molecule has 0 bridgehead atoms. The third-order valence-electron chi connectivity index (χ3n) is 9.10. The fourth-order valence-electron chi connectivity index (χ4n) is 5.82. The number of ether oxygens (including phenoxy) is 1. The minimum atomic E-state index is -3.91. The van der Waals surface area contributed by atoms with E-state index in [1.165, 1.54) is 0 Å². The number of alkyl halides is 2. The zero-order valence-electron chi connectivity index (χ0n) is 23.5. The summed E-state index contributed by atoms with van der Waals surface area (Å²) in [7, 11) is -2.34. The van der Waals surface area contributed by atoms with Gasteiger partial charge in [-0.1, -0.05) is 17.8 Å². The molecule has 3 aliphatic carbocycles. The van der Waals surface area contributed by atoms with E-state index in [1.807, 2.05) is 11.8 Å². The molecule has 226 valence electrons. The van der Waals surface area contributed by atoms with Gasteiger partial charge in [0, 0.05) is 44.7 Å². The Balaban J connectivity index is 1.33. The van der Waals surface area contributed by atoms with Gasteiger partial charge in [0.25, 0.3) is 12.3 Å². The van der Waals surface area contributed by atoms with Crippen LogP contribution < -0.4 is 9.62 Å². The molecule has 4 aliphatic rings. The van der Waals surface area contributed by atoms with Crippen molar-refractivity contribution < 1.29 is 26.7 Å². The molecule has 7 rings (SSSR count). The highest BCUT2D eigenvalue weighted by atomic mass is 32.2. The predicted octanol–water partition coefficient (Wildman–Crippen LogP) is 3.74. The molecule has 1 saturated heterocycles. The third kappa shape index (κ3) is 4.77. The van der Waals surface area contributed by atoms with Crippen LogP contribution >= 0.6 is 11.3 Å². The zero-order chi connectivity index (χ0) is 29.4. The highest BCUT2D eigenvalue weighted by molar-refractivity contribution is 7.89. The van der Waals surface area contributed by atoms with E-state index >= 15 is 0 Å². The molecule has 2 aromatic heterocycles. The Morgan fingerprint density at radius 3 is 2.38 bits per heavy atom. The number of rotatable bonds is 9. The number of methoxy groups -OCH3 is 1. The first-order chi connectivity index (χ1) is 20.0. The van der Waals surface area contributed by atoms with Crippen molar-refractivity contribution in [3.63, 3.8) is 0 Å². The van der Waals surface area contributed by atoms with E-state index in [-0.39, 0.29) is 21.9 Å². The average molecular weight is 622 g/mol. The van der Waals surface area contributed by atoms with Crippen molar-refractivity contribution >= 4 is 44.0 Å². The topological polar surface area (TPSA) is 123 Å². The Kier molecular flexibility index (Phi) is 6.61. The van der Waals surface area contributed by atoms with Crippen LogP contribution in [-0.2, 0) is 19.6 Å².